The van der Waals surface area contributed by atoms with Gasteiger partial charge in [-0.05, 0) is 54.8 Å². The molecule has 0 aliphatic heterocycles. The molecule has 2 aromatic carbocycles. The topological polar surface area (TPSA) is 83.5 Å². The van der Waals surface area contributed by atoms with Gasteiger partial charge in [0.25, 0.3) is 10.0 Å². The SMILES string of the molecule is CCCCc1ccc(S(=O)(=O)Nc2ccc(C(=O)O)cc2)cc1. The molecule has 0 aromatic heterocycles. The monoisotopic (exact) mass is 333 g/mol. The molecule has 0 radical (unpaired) electrons. The van der Waals surface area contributed by atoms with E-state index in [9.17, 15) is 13.2 Å². The molecule has 0 fully saturated rings. The van der Waals surface area contributed by atoms with Gasteiger partial charge in [0.1, 0.15) is 0 Å². The van der Waals surface area contributed by atoms with Crippen molar-refractivity contribution in [2.24, 2.45) is 0 Å². The highest BCUT2D eigenvalue weighted by molar-refractivity contribution is 7.92. The Labute approximate surface area is 136 Å². The molecular formula is C17H19NO4S. The van der Waals surface area contributed by atoms with Crippen LogP contribution in [0.3, 0.4) is 0 Å². The van der Waals surface area contributed by atoms with E-state index in [4.69, 9.17) is 5.11 Å². The van der Waals surface area contributed by atoms with Crippen LogP contribution in [0.1, 0.15) is 35.7 Å². The number of hydrogen-bond acceptors (Lipinski definition) is 3. The molecule has 0 saturated heterocycles. The first kappa shape index (κ1) is 17.0. The molecular weight excluding hydrogens is 314 g/mol. The van der Waals surface area contributed by atoms with Gasteiger partial charge >= 0.3 is 5.97 Å². The molecule has 0 saturated carbocycles. The molecule has 0 unspecified atom stereocenters. The number of hydrogen-bond donors (Lipinski definition) is 2. The van der Waals surface area contributed by atoms with Gasteiger partial charge in [0, 0.05) is 5.69 Å². The van der Waals surface area contributed by atoms with Gasteiger partial charge in [-0.25, -0.2) is 13.2 Å². The molecule has 0 bridgehead atoms. The Balaban J connectivity index is 2.13. The smallest absolute Gasteiger partial charge is 0.335 e. The van der Waals surface area contributed by atoms with Crippen LogP contribution in [-0.2, 0) is 16.4 Å². The van der Waals surface area contributed by atoms with Crippen LogP contribution in [0, 0.1) is 0 Å². The van der Waals surface area contributed by atoms with Crippen molar-refractivity contribution in [3.63, 3.8) is 0 Å². The highest BCUT2D eigenvalue weighted by Crippen LogP contribution is 2.18. The van der Waals surface area contributed by atoms with Gasteiger partial charge in [-0.3, -0.25) is 4.72 Å². The van der Waals surface area contributed by atoms with E-state index in [1.165, 1.54) is 24.3 Å². The van der Waals surface area contributed by atoms with Crippen molar-refractivity contribution in [3.8, 4) is 0 Å². The fourth-order valence-corrected chi connectivity index (χ4v) is 3.17. The van der Waals surface area contributed by atoms with Gasteiger partial charge in [0.05, 0.1) is 10.5 Å². The third-order valence-electron chi connectivity index (χ3n) is 3.44. The zero-order valence-corrected chi connectivity index (χ0v) is 13.6. The first-order chi connectivity index (χ1) is 10.9. The molecule has 0 aliphatic rings. The van der Waals surface area contributed by atoms with Crippen LogP contribution >= 0.6 is 0 Å². The first-order valence-corrected chi connectivity index (χ1v) is 8.86. The Hall–Kier alpha value is -2.34. The van der Waals surface area contributed by atoms with Crippen LogP contribution in [0.2, 0.25) is 0 Å². The Kier molecular flexibility index (Phi) is 5.39. The first-order valence-electron chi connectivity index (χ1n) is 7.37. The molecule has 122 valence electrons. The van der Waals surface area contributed by atoms with Gasteiger partial charge in [-0.1, -0.05) is 25.5 Å². The van der Waals surface area contributed by atoms with Gasteiger partial charge in [-0.2, -0.15) is 0 Å². The molecule has 0 spiro atoms. The number of sulfonamides is 1. The largest absolute Gasteiger partial charge is 0.478 e. The molecule has 5 nitrogen and oxygen atoms in total. The van der Waals surface area contributed by atoms with Crippen molar-refractivity contribution < 1.29 is 18.3 Å². The van der Waals surface area contributed by atoms with Crippen LogP contribution in [-0.4, -0.2) is 19.5 Å². The summed E-state index contributed by atoms with van der Waals surface area (Å²) in [7, 11) is -3.68. The van der Waals surface area contributed by atoms with E-state index in [-0.39, 0.29) is 10.5 Å². The number of carboxylic acids is 1. The summed E-state index contributed by atoms with van der Waals surface area (Å²) in [5.41, 5.74) is 1.54. The number of anilines is 1. The third kappa shape index (κ3) is 4.56. The van der Waals surface area contributed by atoms with Crippen molar-refractivity contribution >= 4 is 21.7 Å². The summed E-state index contributed by atoms with van der Waals surface area (Å²) in [5.74, 6) is -1.05. The number of aryl methyl sites for hydroxylation is 1. The van der Waals surface area contributed by atoms with Crippen molar-refractivity contribution in [3.05, 3.63) is 59.7 Å². The lowest BCUT2D eigenvalue weighted by atomic mass is 10.1. The lowest BCUT2D eigenvalue weighted by Gasteiger charge is -2.09. The predicted molar refractivity (Wildman–Crippen MR) is 89.3 cm³/mol. The lowest BCUT2D eigenvalue weighted by molar-refractivity contribution is 0.0697. The van der Waals surface area contributed by atoms with Crippen molar-refractivity contribution in [1.29, 1.82) is 0 Å². The number of rotatable bonds is 7. The maximum Gasteiger partial charge on any atom is 0.335 e. The quantitative estimate of drug-likeness (QED) is 0.812. The van der Waals surface area contributed by atoms with E-state index >= 15 is 0 Å². The number of carboxylic acid groups (broad SMARTS) is 1. The lowest BCUT2D eigenvalue weighted by Crippen LogP contribution is -2.13. The Bertz CT molecular complexity index is 765. The van der Waals surface area contributed by atoms with Crippen LogP contribution in [0.4, 0.5) is 5.69 Å². The Morgan fingerprint density at radius 1 is 1.04 bits per heavy atom. The zero-order valence-electron chi connectivity index (χ0n) is 12.8. The van der Waals surface area contributed by atoms with E-state index in [1.807, 2.05) is 12.1 Å². The van der Waals surface area contributed by atoms with E-state index < -0.39 is 16.0 Å². The van der Waals surface area contributed by atoms with Gasteiger partial charge < -0.3 is 5.11 Å². The average Bonchev–Trinajstić information content (AvgIpc) is 2.53. The molecule has 0 amide bonds. The summed E-state index contributed by atoms with van der Waals surface area (Å²) in [6, 6.07) is 12.4. The maximum absolute atomic E-state index is 12.3. The number of aromatic carboxylic acids is 1. The Morgan fingerprint density at radius 3 is 2.17 bits per heavy atom. The minimum atomic E-state index is -3.68. The summed E-state index contributed by atoms with van der Waals surface area (Å²) in [5, 5.41) is 8.84. The molecule has 2 aromatic rings. The van der Waals surface area contributed by atoms with Crippen molar-refractivity contribution in [2.45, 2.75) is 31.1 Å². The molecule has 2 rings (SSSR count). The van der Waals surface area contributed by atoms with Gasteiger partial charge in [0.15, 0.2) is 0 Å². The Morgan fingerprint density at radius 2 is 1.65 bits per heavy atom. The molecule has 0 atom stereocenters. The van der Waals surface area contributed by atoms with Gasteiger partial charge in [0.2, 0.25) is 0 Å². The second-order valence-electron chi connectivity index (χ2n) is 5.24. The minimum absolute atomic E-state index is 0.105. The summed E-state index contributed by atoms with van der Waals surface area (Å²) >= 11 is 0. The van der Waals surface area contributed by atoms with E-state index in [0.717, 1.165) is 24.8 Å². The summed E-state index contributed by atoms with van der Waals surface area (Å²) in [4.78, 5) is 11.0. The second kappa shape index (κ2) is 7.28. The molecule has 2 N–H and O–H groups in total. The average molecular weight is 333 g/mol. The van der Waals surface area contributed by atoms with Crippen LogP contribution in [0.5, 0.6) is 0 Å². The van der Waals surface area contributed by atoms with Crippen LogP contribution in [0.15, 0.2) is 53.4 Å². The maximum atomic E-state index is 12.3. The fraction of sp³-hybridized carbons (Fsp3) is 0.235. The van der Waals surface area contributed by atoms with Gasteiger partial charge in [-0.15, -0.1) is 0 Å². The molecule has 6 heteroatoms. The van der Waals surface area contributed by atoms with E-state index in [2.05, 4.69) is 11.6 Å². The summed E-state index contributed by atoms with van der Waals surface area (Å²) < 4.78 is 27.1. The number of nitrogens with one attached hydrogen (secondary N) is 1. The zero-order chi connectivity index (χ0) is 16.9. The van der Waals surface area contributed by atoms with E-state index in [0.29, 0.717) is 5.69 Å². The third-order valence-corrected chi connectivity index (χ3v) is 4.83. The van der Waals surface area contributed by atoms with Crippen molar-refractivity contribution in [2.75, 3.05) is 4.72 Å². The highest BCUT2D eigenvalue weighted by Gasteiger charge is 2.14. The van der Waals surface area contributed by atoms with Crippen LogP contribution in [0.25, 0.3) is 0 Å². The summed E-state index contributed by atoms with van der Waals surface area (Å²) in [6.07, 6.45) is 3.09. The highest BCUT2D eigenvalue weighted by atomic mass is 32.2. The number of benzene rings is 2. The number of unbranched alkanes of at least 4 members (excludes halogenated alkanes) is 1. The predicted octanol–water partition coefficient (Wildman–Crippen LogP) is 3.53. The number of carbonyl (C=O) groups is 1. The minimum Gasteiger partial charge on any atom is -0.478 e. The van der Waals surface area contributed by atoms with E-state index in [1.54, 1.807) is 12.1 Å². The molecule has 0 aliphatic carbocycles. The normalized spacial score (nSPS) is 11.2. The van der Waals surface area contributed by atoms with Crippen LogP contribution < -0.4 is 4.72 Å². The molecule has 23 heavy (non-hydrogen) atoms. The standard InChI is InChI=1S/C17H19NO4S/c1-2-3-4-13-5-11-16(12-6-13)23(21,22)18-15-9-7-14(8-10-15)17(19)20/h5-12,18H,2-4H2,1H3,(H,19,20). The second-order valence-corrected chi connectivity index (χ2v) is 6.92. The fourth-order valence-electron chi connectivity index (χ4n) is 2.11. The van der Waals surface area contributed by atoms with Crippen molar-refractivity contribution in [1.82, 2.24) is 0 Å². The summed E-state index contributed by atoms with van der Waals surface area (Å²) in [6.45, 7) is 2.11. The molecule has 0 heterocycles.